The summed E-state index contributed by atoms with van der Waals surface area (Å²) < 4.78 is 13.7. The number of halogens is 1. The Morgan fingerprint density at radius 1 is 1.29 bits per heavy atom. The Bertz CT molecular complexity index is 690. The molecule has 0 saturated heterocycles. The molecule has 106 valence electrons. The zero-order valence-electron chi connectivity index (χ0n) is 11.1. The van der Waals surface area contributed by atoms with Crippen LogP contribution in [0.1, 0.15) is 22.3 Å². The number of rotatable bonds is 3. The van der Waals surface area contributed by atoms with E-state index in [0.29, 0.717) is 17.7 Å². The third-order valence-corrected chi connectivity index (χ3v) is 2.62. The van der Waals surface area contributed by atoms with Crippen LogP contribution in [0.15, 0.2) is 42.7 Å². The minimum absolute atomic E-state index is 0.0381. The molecule has 0 atom stereocenters. The second-order valence-electron chi connectivity index (χ2n) is 4.16. The van der Waals surface area contributed by atoms with Crippen molar-refractivity contribution in [2.24, 2.45) is 0 Å². The largest absolute Gasteiger partial charge is 0.395 e. The van der Waals surface area contributed by atoms with Crippen molar-refractivity contribution >= 4 is 11.6 Å². The van der Waals surface area contributed by atoms with Gasteiger partial charge in [0, 0.05) is 30.1 Å². The van der Waals surface area contributed by atoms with Gasteiger partial charge in [0.15, 0.2) is 0 Å². The minimum atomic E-state index is -0.616. The number of anilines is 1. The summed E-state index contributed by atoms with van der Waals surface area (Å²) in [5.41, 5.74) is 0.971. The zero-order valence-corrected chi connectivity index (χ0v) is 11.1. The fourth-order valence-corrected chi connectivity index (χ4v) is 1.63. The predicted molar refractivity (Wildman–Crippen MR) is 77.2 cm³/mol. The van der Waals surface area contributed by atoms with Crippen LogP contribution in [0.2, 0.25) is 0 Å². The number of carbonyl (C=O) groups is 1. The molecule has 0 spiro atoms. The highest BCUT2D eigenvalue weighted by atomic mass is 19.1. The van der Waals surface area contributed by atoms with Crippen molar-refractivity contribution < 1.29 is 14.3 Å². The SMILES string of the molecule is O=C(Nc1ccncc1)c1cc(C#CCCO)ccc1F. The summed E-state index contributed by atoms with van der Waals surface area (Å²) in [5.74, 6) is 4.32. The number of amides is 1. The van der Waals surface area contributed by atoms with Gasteiger partial charge >= 0.3 is 0 Å². The Morgan fingerprint density at radius 2 is 2.05 bits per heavy atom. The van der Waals surface area contributed by atoms with Gasteiger partial charge in [-0.3, -0.25) is 9.78 Å². The van der Waals surface area contributed by atoms with E-state index in [1.165, 1.54) is 30.6 Å². The van der Waals surface area contributed by atoms with Crippen molar-refractivity contribution in [1.29, 1.82) is 0 Å². The average Bonchev–Trinajstić information content (AvgIpc) is 2.50. The molecule has 0 aliphatic rings. The third-order valence-electron chi connectivity index (χ3n) is 2.62. The Balaban J connectivity index is 2.20. The van der Waals surface area contributed by atoms with Gasteiger partial charge in [-0.2, -0.15) is 0 Å². The molecule has 0 aliphatic heterocycles. The molecule has 4 nitrogen and oxygen atoms in total. The first-order valence-electron chi connectivity index (χ1n) is 6.31. The summed E-state index contributed by atoms with van der Waals surface area (Å²) in [4.78, 5) is 15.9. The summed E-state index contributed by atoms with van der Waals surface area (Å²) in [6.45, 7) is -0.0381. The first-order chi connectivity index (χ1) is 10.2. The molecule has 0 fully saturated rings. The highest BCUT2D eigenvalue weighted by Crippen LogP contribution is 2.13. The molecule has 2 N–H and O–H groups in total. The van der Waals surface area contributed by atoms with E-state index >= 15 is 0 Å². The van der Waals surface area contributed by atoms with Crippen LogP contribution in [0.3, 0.4) is 0 Å². The lowest BCUT2D eigenvalue weighted by atomic mass is 10.1. The van der Waals surface area contributed by atoms with Crippen molar-refractivity contribution in [3.63, 3.8) is 0 Å². The third kappa shape index (κ3) is 4.13. The van der Waals surface area contributed by atoms with Crippen LogP contribution in [-0.2, 0) is 0 Å². The monoisotopic (exact) mass is 284 g/mol. The van der Waals surface area contributed by atoms with E-state index < -0.39 is 11.7 Å². The molecule has 1 aromatic heterocycles. The van der Waals surface area contributed by atoms with Gasteiger partial charge < -0.3 is 10.4 Å². The lowest BCUT2D eigenvalue weighted by molar-refractivity contribution is 0.102. The van der Waals surface area contributed by atoms with E-state index in [-0.39, 0.29) is 12.2 Å². The van der Waals surface area contributed by atoms with Crippen molar-refractivity contribution in [1.82, 2.24) is 4.98 Å². The van der Waals surface area contributed by atoms with E-state index in [9.17, 15) is 9.18 Å². The van der Waals surface area contributed by atoms with Crippen LogP contribution >= 0.6 is 0 Å². The van der Waals surface area contributed by atoms with Crippen LogP contribution in [0, 0.1) is 17.7 Å². The van der Waals surface area contributed by atoms with E-state index in [4.69, 9.17) is 5.11 Å². The molecule has 21 heavy (non-hydrogen) atoms. The summed E-state index contributed by atoms with van der Waals surface area (Å²) >= 11 is 0. The number of nitrogens with zero attached hydrogens (tertiary/aromatic N) is 1. The number of aliphatic hydroxyl groups is 1. The number of hydrogen-bond acceptors (Lipinski definition) is 3. The lowest BCUT2D eigenvalue weighted by Crippen LogP contribution is -2.14. The zero-order chi connectivity index (χ0) is 15.1. The van der Waals surface area contributed by atoms with Crippen LogP contribution < -0.4 is 5.32 Å². The summed E-state index contributed by atoms with van der Waals surface area (Å²) in [5, 5.41) is 11.2. The Morgan fingerprint density at radius 3 is 2.76 bits per heavy atom. The van der Waals surface area contributed by atoms with Gasteiger partial charge in [0.2, 0.25) is 0 Å². The molecule has 1 aromatic carbocycles. The topological polar surface area (TPSA) is 62.2 Å². The summed E-state index contributed by atoms with van der Waals surface area (Å²) in [7, 11) is 0. The highest BCUT2D eigenvalue weighted by Gasteiger charge is 2.12. The number of carbonyl (C=O) groups excluding carboxylic acids is 1. The number of benzene rings is 1. The van der Waals surface area contributed by atoms with E-state index in [1.807, 2.05) is 0 Å². The summed E-state index contributed by atoms with van der Waals surface area (Å²) in [6, 6.07) is 7.30. The van der Waals surface area contributed by atoms with Crippen molar-refractivity contribution in [3.8, 4) is 11.8 Å². The van der Waals surface area contributed by atoms with E-state index in [2.05, 4.69) is 22.1 Å². The van der Waals surface area contributed by atoms with E-state index in [1.54, 1.807) is 12.1 Å². The van der Waals surface area contributed by atoms with Gasteiger partial charge in [-0.1, -0.05) is 11.8 Å². The van der Waals surface area contributed by atoms with Gasteiger partial charge in [-0.15, -0.1) is 0 Å². The second-order valence-corrected chi connectivity index (χ2v) is 4.16. The molecule has 0 bridgehead atoms. The molecular weight excluding hydrogens is 271 g/mol. The van der Waals surface area contributed by atoms with Crippen LogP contribution in [0.5, 0.6) is 0 Å². The molecule has 0 saturated carbocycles. The number of nitrogens with one attached hydrogen (secondary N) is 1. The maximum atomic E-state index is 13.7. The molecule has 0 unspecified atom stereocenters. The minimum Gasteiger partial charge on any atom is -0.395 e. The Labute approximate surface area is 121 Å². The molecule has 1 heterocycles. The van der Waals surface area contributed by atoms with Crippen LogP contribution in [0.4, 0.5) is 10.1 Å². The number of aromatic nitrogens is 1. The van der Waals surface area contributed by atoms with Crippen molar-refractivity contribution in [2.75, 3.05) is 11.9 Å². The average molecular weight is 284 g/mol. The first kappa shape index (κ1) is 14.7. The maximum Gasteiger partial charge on any atom is 0.258 e. The Kier molecular flexibility index (Phi) is 5.02. The summed E-state index contributed by atoms with van der Waals surface area (Å²) in [6.07, 6.45) is 3.39. The quantitative estimate of drug-likeness (QED) is 0.849. The first-order valence-corrected chi connectivity index (χ1v) is 6.31. The van der Waals surface area contributed by atoms with Crippen LogP contribution in [-0.4, -0.2) is 22.6 Å². The molecule has 1 amide bonds. The normalized spacial score (nSPS) is 9.62. The highest BCUT2D eigenvalue weighted by molar-refractivity contribution is 6.04. The smallest absolute Gasteiger partial charge is 0.258 e. The standard InChI is InChI=1S/C16H13FN2O2/c17-15-5-4-12(3-1-2-10-20)11-14(15)16(21)19-13-6-8-18-9-7-13/h4-9,11,20H,2,10H2,(H,18,19,21). The molecular formula is C16H13FN2O2. The Hall–Kier alpha value is -2.71. The molecule has 0 radical (unpaired) electrons. The van der Waals surface area contributed by atoms with Crippen LogP contribution in [0.25, 0.3) is 0 Å². The second kappa shape index (κ2) is 7.17. The molecule has 0 aliphatic carbocycles. The van der Waals surface area contributed by atoms with E-state index in [0.717, 1.165) is 0 Å². The maximum absolute atomic E-state index is 13.7. The van der Waals surface area contributed by atoms with Gasteiger partial charge in [-0.05, 0) is 30.3 Å². The lowest BCUT2D eigenvalue weighted by Gasteiger charge is -2.06. The molecule has 2 aromatic rings. The number of pyridine rings is 1. The number of aliphatic hydroxyl groups excluding tert-OH is 1. The predicted octanol–water partition coefficient (Wildman–Crippen LogP) is 2.21. The van der Waals surface area contributed by atoms with Crippen molar-refractivity contribution in [3.05, 3.63) is 59.7 Å². The van der Waals surface area contributed by atoms with Gasteiger partial charge in [0.1, 0.15) is 5.82 Å². The van der Waals surface area contributed by atoms with Gasteiger partial charge in [-0.25, -0.2) is 4.39 Å². The van der Waals surface area contributed by atoms with Gasteiger partial charge in [0.05, 0.1) is 12.2 Å². The fourth-order valence-electron chi connectivity index (χ4n) is 1.63. The van der Waals surface area contributed by atoms with Crippen molar-refractivity contribution in [2.45, 2.75) is 6.42 Å². The molecule has 5 heteroatoms. The van der Waals surface area contributed by atoms with Gasteiger partial charge in [0.25, 0.3) is 5.91 Å². The number of hydrogen-bond donors (Lipinski definition) is 2. The fraction of sp³-hybridized carbons (Fsp3) is 0.125. The molecule has 2 rings (SSSR count).